The van der Waals surface area contributed by atoms with Gasteiger partial charge in [-0.3, -0.25) is 9.79 Å². The van der Waals surface area contributed by atoms with Crippen molar-refractivity contribution in [2.45, 2.75) is 24.2 Å². The Morgan fingerprint density at radius 2 is 1.85 bits per heavy atom. The van der Waals surface area contributed by atoms with Gasteiger partial charge in [0.1, 0.15) is 5.82 Å². The number of rotatable bonds is 7. The molecule has 33 heavy (non-hydrogen) atoms. The van der Waals surface area contributed by atoms with Crippen LogP contribution in [0.25, 0.3) is 0 Å². The van der Waals surface area contributed by atoms with Crippen LogP contribution >= 0.6 is 24.0 Å². The molecule has 0 aromatic heterocycles. The first-order valence-electron chi connectivity index (χ1n) is 11.2. The molecule has 2 fully saturated rings. The second kappa shape index (κ2) is 11.8. The monoisotopic (exact) mass is 566 g/mol. The molecule has 0 bridgehead atoms. The lowest BCUT2D eigenvalue weighted by atomic mass is 9.96. The summed E-state index contributed by atoms with van der Waals surface area (Å²) in [6, 6.07) is 16.7. The van der Waals surface area contributed by atoms with Crippen LogP contribution in [-0.4, -0.2) is 63.2 Å². The van der Waals surface area contributed by atoms with E-state index in [0.29, 0.717) is 45.4 Å². The maximum absolute atomic E-state index is 13.7. The van der Waals surface area contributed by atoms with E-state index >= 15 is 0 Å². The summed E-state index contributed by atoms with van der Waals surface area (Å²) in [6.45, 7) is 3.49. The van der Waals surface area contributed by atoms with E-state index in [1.54, 1.807) is 19.2 Å². The molecule has 2 N–H and O–H groups in total. The molecule has 1 heterocycles. The molecule has 2 aromatic carbocycles. The van der Waals surface area contributed by atoms with E-state index in [-0.39, 0.29) is 47.0 Å². The number of benzene rings is 2. The van der Waals surface area contributed by atoms with Crippen LogP contribution in [0.5, 0.6) is 0 Å². The van der Waals surface area contributed by atoms with Crippen LogP contribution in [0, 0.1) is 5.82 Å². The van der Waals surface area contributed by atoms with Crippen LogP contribution in [0.1, 0.15) is 29.9 Å². The molecule has 8 heteroatoms. The maximum Gasteiger partial charge on any atom is 0.232 e. The Bertz CT molecular complexity index is 946. The van der Waals surface area contributed by atoms with Crippen LogP contribution < -0.4 is 10.6 Å². The lowest BCUT2D eigenvalue weighted by Gasteiger charge is -2.31. The minimum Gasteiger partial charge on any atom is -0.378 e. The Morgan fingerprint density at radius 1 is 1.12 bits per heavy atom. The number of amides is 1. The molecular weight excluding hydrogens is 534 g/mol. The average molecular weight is 566 g/mol. The Hall–Kier alpha value is -2.20. The molecule has 0 spiro atoms. The topological polar surface area (TPSA) is 66.0 Å². The smallest absolute Gasteiger partial charge is 0.232 e. The van der Waals surface area contributed by atoms with Crippen molar-refractivity contribution < 1.29 is 13.9 Å². The second-order valence-electron chi connectivity index (χ2n) is 8.50. The summed E-state index contributed by atoms with van der Waals surface area (Å²) in [5.41, 5.74) is 1.94. The molecule has 2 aliphatic rings. The second-order valence-corrected chi connectivity index (χ2v) is 8.50. The van der Waals surface area contributed by atoms with Gasteiger partial charge in [0.25, 0.3) is 0 Å². The number of nitrogens with zero attached hydrogens (tertiary/aromatic N) is 2. The van der Waals surface area contributed by atoms with Gasteiger partial charge in [0.15, 0.2) is 5.96 Å². The Labute approximate surface area is 212 Å². The molecule has 1 atom stereocenters. The van der Waals surface area contributed by atoms with Gasteiger partial charge >= 0.3 is 0 Å². The van der Waals surface area contributed by atoms with Crippen molar-refractivity contribution in [2.75, 3.05) is 46.4 Å². The molecule has 178 valence electrons. The van der Waals surface area contributed by atoms with Crippen LogP contribution in [0.2, 0.25) is 0 Å². The van der Waals surface area contributed by atoms with Crippen molar-refractivity contribution in [1.82, 2.24) is 15.5 Å². The molecule has 1 saturated carbocycles. The highest BCUT2D eigenvalue weighted by Gasteiger charge is 2.44. The van der Waals surface area contributed by atoms with Gasteiger partial charge in [0, 0.05) is 38.6 Å². The number of carbonyl (C=O) groups is 1. The summed E-state index contributed by atoms with van der Waals surface area (Å²) < 4.78 is 19.1. The zero-order chi connectivity index (χ0) is 22.4. The third-order valence-corrected chi connectivity index (χ3v) is 6.40. The number of hydrogen-bond donors (Lipinski definition) is 2. The van der Waals surface area contributed by atoms with Crippen LogP contribution in [-0.2, 0) is 14.9 Å². The van der Waals surface area contributed by atoms with Gasteiger partial charge in [-0.05, 0) is 36.1 Å². The van der Waals surface area contributed by atoms with Gasteiger partial charge in [-0.2, -0.15) is 0 Å². The first-order valence-corrected chi connectivity index (χ1v) is 11.2. The van der Waals surface area contributed by atoms with E-state index in [2.05, 4.69) is 15.6 Å². The summed E-state index contributed by atoms with van der Waals surface area (Å²) in [5, 5.41) is 6.72. The highest BCUT2D eigenvalue weighted by Crippen LogP contribution is 2.47. The normalized spacial score (nSPS) is 18.1. The molecule has 1 aliphatic heterocycles. The Morgan fingerprint density at radius 3 is 2.48 bits per heavy atom. The lowest BCUT2D eigenvalue weighted by molar-refractivity contribution is -0.136. The predicted molar refractivity (Wildman–Crippen MR) is 139 cm³/mol. The Kier molecular flexibility index (Phi) is 9.08. The number of morpholine rings is 1. The van der Waals surface area contributed by atoms with Gasteiger partial charge in [0.2, 0.25) is 5.91 Å². The largest absolute Gasteiger partial charge is 0.378 e. The maximum atomic E-state index is 13.7. The first kappa shape index (κ1) is 25.4. The molecular formula is C25H32FIN4O2. The summed E-state index contributed by atoms with van der Waals surface area (Å²) in [6.07, 6.45) is 2.03. The zero-order valence-electron chi connectivity index (χ0n) is 18.9. The number of guanidine groups is 1. The van der Waals surface area contributed by atoms with E-state index < -0.39 is 0 Å². The molecule has 1 unspecified atom stereocenters. The summed E-state index contributed by atoms with van der Waals surface area (Å²) in [4.78, 5) is 19.5. The molecule has 2 aromatic rings. The fourth-order valence-electron chi connectivity index (χ4n) is 4.25. The highest BCUT2D eigenvalue weighted by molar-refractivity contribution is 14.0. The Balaban J connectivity index is 0.00000306. The number of carbonyl (C=O) groups excluding carboxylic acids is 1. The van der Waals surface area contributed by atoms with E-state index in [1.165, 1.54) is 6.07 Å². The molecule has 1 aliphatic carbocycles. The van der Waals surface area contributed by atoms with E-state index in [1.807, 2.05) is 41.3 Å². The lowest BCUT2D eigenvalue weighted by Crippen LogP contribution is -2.47. The SMILES string of the molecule is CN=C(NCC(C(=O)N1CCOCC1)c1ccccc1)NCC1(c2cccc(F)c2)CC1.I. The predicted octanol–water partition coefficient (Wildman–Crippen LogP) is 3.28. The molecule has 6 nitrogen and oxygen atoms in total. The fraction of sp³-hybridized carbons (Fsp3) is 0.440. The number of nitrogens with one attached hydrogen (secondary N) is 2. The average Bonchev–Trinajstić information content (AvgIpc) is 3.63. The van der Waals surface area contributed by atoms with E-state index in [4.69, 9.17) is 4.74 Å². The number of hydrogen-bond acceptors (Lipinski definition) is 3. The third-order valence-electron chi connectivity index (χ3n) is 6.40. The first-order chi connectivity index (χ1) is 15.6. The van der Waals surface area contributed by atoms with Crippen molar-refractivity contribution in [3.8, 4) is 0 Å². The number of halogens is 2. The van der Waals surface area contributed by atoms with Crippen molar-refractivity contribution in [3.05, 3.63) is 71.5 Å². The fourth-order valence-corrected chi connectivity index (χ4v) is 4.25. The van der Waals surface area contributed by atoms with E-state index in [0.717, 1.165) is 24.0 Å². The van der Waals surface area contributed by atoms with Gasteiger partial charge < -0.3 is 20.3 Å². The third kappa shape index (κ3) is 6.44. The standard InChI is InChI=1S/C25H31FN4O2.HI/c1-27-24(29-18-25(10-11-25)20-8-5-9-21(26)16-20)28-17-22(19-6-3-2-4-7-19)23(31)30-12-14-32-15-13-30;/h2-9,16,22H,10-15,17-18H2,1H3,(H2,27,28,29);1H. The highest BCUT2D eigenvalue weighted by atomic mass is 127. The van der Waals surface area contributed by atoms with Gasteiger partial charge in [-0.15, -0.1) is 24.0 Å². The zero-order valence-corrected chi connectivity index (χ0v) is 21.3. The van der Waals surface area contributed by atoms with Crippen molar-refractivity contribution in [2.24, 2.45) is 4.99 Å². The van der Waals surface area contributed by atoms with Crippen LogP contribution in [0.15, 0.2) is 59.6 Å². The molecule has 1 amide bonds. The minimum atomic E-state index is -0.314. The summed E-state index contributed by atoms with van der Waals surface area (Å²) in [7, 11) is 1.72. The van der Waals surface area contributed by atoms with Crippen molar-refractivity contribution >= 4 is 35.8 Å². The minimum absolute atomic E-state index is 0. The van der Waals surface area contributed by atoms with Crippen molar-refractivity contribution in [3.63, 3.8) is 0 Å². The molecule has 1 saturated heterocycles. The summed E-state index contributed by atoms with van der Waals surface area (Å²) in [5.74, 6) is 0.221. The van der Waals surface area contributed by atoms with Crippen LogP contribution in [0.3, 0.4) is 0 Å². The van der Waals surface area contributed by atoms with Gasteiger partial charge in [-0.1, -0.05) is 42.5 Å². The quantitative estimate of drug-likeness (QED) is 0.307. The number of aliphatic imine (C=N–C) groups is 1. The summed E-state index contributed by atoms with van der Waals surface area (Å²) >= 11 is 0. The van der Waals surface area contributed by atoms with Gasteiger partial charge in [-0.25, -0.2) is 4.39 Å². The van der Waals surface area contributed by atoms with Gasteiger partial charge in [0.05, 0.1) is 19.1 Å². The molecule has 4 rings (SSSR count). The molecule has 0 radical (unpaired) electrons. The van der Waals surface area contributed by atoms with Crippen molar-refractivity contribution in [1.29, 1.82) is 0 Å². The van der Waals surface area contributed by atoms with E-state index in [9.17, 15) is 9.18 Å². The van der Waals surface area contributed by atoms with Crippen LogP contribution in [0.4, 0.5) is 4.39 Å². The number of ether oxygens (including phenoxy) is 1.